The number of aromatic nitrogens is 2. The van der Waals surface area contributed by atoms with Crippen molar-refractivity contribution in [2.24, 2.45) is 0 Å². The average Bonchev–Trinajstić information content (AvgIpc) is 2.44. The van der Waals surface area contributed by atoms with Gasteiger partial charge in [-0.3, -0.25) is 0 Å². The molecule has 1 heterocycles. The van der Waals surface area contributed by atoms with E-state index in [0.29, 0.717) is 11.4 Å². The van der Waals surface area contributed by atoms with Gasteiger partial charge in [-0.1, -0.05) is 20.3 Å². The Morgan fingerprint density at radius 2 is 1.90 bits per heavy atom. The first-order valence-electron chi connectivity index (χ1n) is 7.24. The first-order valence-corrected chi connectivity index (χ1v) is 7.24. The summed E-state index contributed by atoms with van der Waals surface area (Å²) in [6.45, 7) is 4.97. The van der Waals surface area contributed by atoms with Crippen LogP contribution in [0.25, 0.3) is 11.4 Å². The van der Waals surface area contributed by atoms with Crippen LogP contribution in [0.2, 0.25) is 0 Å². The molecule has 0 unspecified atom stereocenters. The first kappa shape index (κ1) is 15.2. The molecule has 0 aliphatic heterocycles. The topological polar surface area (TPSA) is 58.0 Å². The number of nitrogens with one attached hydrogen (secondary N) is 1. The van der Waals surface area contributed by atoms with E-state index in [2.05, 4.69) is 29.1 Å². The zero-order chi connectivity index (χ0) is 15.2. The van der Waals surface area contributed by atoms with Crippen LogP contribution in [0.5, 0.6) is 5.75 Å². The monoisotopic (exact) mass is 289 g/mol. The maximum Gasteiger partial charge on any atom is 0.161 e. The summed E-state index contributed by atoms with van der Waals surface area (Å²) in [5, 5.41) is 12.8. The minimum atomic E-state index is -0.502. The third-order valence-corrected chi connectivity index (χ3v) is 2.98. The number of phenols is 1. The third kappa shape index (κ3) is 4.15. The highest BCUT2D eigenvalue weighted by Crippen LogP contribution is 2.24. The van der Waals surface area contributed by atoms with Gasteiger partial charge in [0.15, 0.2) is 5.82 Å². The van der Waals surface area contributed by atoms with Crippen LogP contribution in [0, 0.1) is 5.82 Å². The molecule has 0 radical (unpaired) electrons. The Morgan fingerprint density at radius 1 is 1.10 bits per heavy atom. The van der Waals surface area contributed by atoms with Gasteiger partial charge in [0.2, 0.25) is 0 Å². The van der Waals surface area contributed by atoms with Crippen molar-refractivity contribution in [3.63, 3.8) is 0 Å². The summed E-state index contributed by atoms with van der Waals surface area (Å²) >= 11 is 0. The zero-order valence-corrected chi connectivity index (χ0v) is 12.4. The van der Waals surface area contributed by atoms with Crippen molar-refractivity contribution in [2.75, 3.05) is 11.9 Å². The van der Waals surface area contributed by atoms with Crippen LogP contribution in [0.4, 0.5) is 10.2 Å². The van der Waals surface area contributed by atoms with Crippen molar-refractivity contribution in [2.45, 2.75) is 33.1 Å². The minimum Gasteiger partial charge on any atom is -0.508 e. The molecule has 0 atom stereocenters. The van der Waals surface area contributed by atoms with Gasteiger partial charge in [0.1, 0.15) is 17.4 Å². The second-order valence-corrected chi connectivity index (χ2v) is 4.94. The zero-order valence-electron chi connectivity index (χ0n) is 12.4. The fourth-order valence-corrected chi connectivity index (χ4v) is 2.06. The van der Waals surface area contributed by atoms with Gasteiger partial charge in [-0.25, -0.2) is 14.4 Å². The summed E-state index contributed by atoms with van der Waals surface area (Å²) in [5.41, 5.74) is 1.38. The molecule has 0 fully saturated rings. The van der Waals surface area contributed by atoms with Gasteiger partial charge in [-0.05, 0) is 25.0 Å². The smallest absolute Gasteiger partial charge is 0.161 e. The van der Waals surface area contributed by atoms with E-state index in [1.165, 1.54) is 12.1 Å². The summed E-state index contributed by atoms with van der Waals surface area (Å²) in [6.07, 6.45) is 2.79. The molecule has 0 aliphatic carbocycles. The molecule has 2 aromatic rings. The quantitative estimate of drug-likeness (QED) is 0.850. The Morgan fingerprint density at radius 3 is 2.57 bits per heavy atom. The second kappa shape index (κ2) is 7.02. The van der Waals surface area contributed by atoms with Crippen LogP contribution in [-0.4, -0.2) is 21.6 Å². The number of hydrogen-bond donors (Lipinski definition) is 2. The molecule has 0 spiro atoms. The van der Waals surface area contributed by atoms with Crippen molar-refractivity contribution >= 4 is 5.82 Å². The highest BCUT2D eigenvalue weighted by atomic mass is 19.1. The number of anilines is 1. The number of hydrogen-bond acceptors (Lipinski definition) is 4. The summed E-state index contributed by atoms with van der Waals surface area (Å²) in [4.78, 5) is 8.86. The van der Waals surface area contributed by atoms with Gasteiger partial charge in [0.25, 0.3) is 0 Å². The van der Waals surface area contributed by atoms with Crippen molar-refractivity contribution in [3.05, 3.63) is 35.8 Å². The lowest BCUT2D eigenvalue weighted by molar-refractivity contribution is 0.469. The van der Waals surface area contributed by atoms with Crippen LogP contribution < -0.4 is 5.32 Å². The number of aromatic hydroxyl groups is 1. The normalized spacial score (nSPS) is 10.6. The molecule has 0 bridgehead atoms. The molecule has 2 rings (SSSR count). The fourth-order valence-electron chi connectivity index (χ4n) is 2.06. The first-order chi connectivity index (χ1) is 10.1. The SMILES string of the molecule is CCCNc1cc(CCC)nc(-c2cc(O)cc(F)c2)n1. The fraction of sp³-hybridized carbons (Fsp3) is 0.375. The van der Waals surface area contributed by atoms with Gasteiger partial charge in [0.05, 0.1) is 0 Å². The highest BCUT2D eigenvalue weighted by Gasteiger charge is 2.09. The van der Waals surface area contributed by atoms with E-state index in [-0.39, 0.29) is 5.75 Å². The number of nitrogens with zero attached hydrogens (tertiary/aromatic N) is 2. The standard InChI is InChI=1S/C16H20FN3O/c1-3-5-13-10-15(18-6-4-2)20-16(19-13)11-7-12(17)9-14(21)8-11/h7-10,21H,3-6H2,1-2H3,(H,18,19,20). The molecular weight excluding hydrogens is 269 g/mol. The molecule has 0 saturated carbocycles. The number of rotatable bonds is 6. The second-order valence-electron chi connectivity index (χ2n) is 4.94. The lowest BCUT2D eigenvalue weighted by Gasteiger charge is -2.09. The number of aryl methyl sites for hydroxylation is 1. The molecule has 4 nitrogen and oxygen atoms in total. The Hall–Kier alpha value is -2.17. The molecule has 0 aliphatic rings. The summed E-state index contributed by atoms with van der Waals surface area (Å²) in [7, 11) is 0. The lowest BCUT2D eigenvalue weighted by Crippen LogP contribution is -2.05. The lowest BCUT2D eigenvalue weighted by atomic mass is 10.1. The van der Waals surface area contributed by atoms with E-state index in [1.807, 2.05) is 6.07 Å². The molecular formula is C16H20FN3O. The van der Waals surface area contributed by atoms with Gasteiger partial charge in [-0.15, -0.1) is 0 Å². The predicted molar refractivity (Wildman–Crippen MR) is 81.9 cm³/mol. The van der Waals surface area contributed by atoms with Crippen molar-refractivity contribution in [3.8, 4) is 17.1 Å². The van der Waals surface area contributed by atoms with Crippen LogP contribution in [-0.2, 0) is 6.42 Å². The van der Waals surface area contributed by atoms with Gasteiger partial charge >= 0.3 is 0 Å². The Kier molecular flexibility index (Phi) is 5.09. The minimum absolute atomic E-state index is 0.127. The maximum absolute atomic E-state index is 13.4. The summed E-state index contributed by atoms with van der Waals surface area (Å²) < 4.78 is 13.4. The van der Waals surface area contributed by atoms with Gasteiger partial charge in [0, 0.05) is 29.9 Å². The Labute approximate surface area is 124 Å². The van der Waals surface area contributed by atoms with E-state index in [1.54, 1.807) is 0 Å². The van der Waals surface area contributed by atoms with Gasteiger partial charge < -0.3 is 10.4 Å². The Balaban J connectivity index is 2.42. The van der Waals surface area contributed by atoms with E-state index in [4.69, 9.17) is 0 Å². The molecule has 1 aromatic carbocycles. The van der Waals surface area contributed by atoms with Crippen LogP contribution in [0.15, 0.2) is 24.3 Å². The van der Waals surface area contributed by atoms with Crippen LogP contribution in [0.1, 0.15) is 32.4 Å². The predicted octanol–water partition coefficient (Wildman–Crippen LogP) is 3.76. The van der Waals surface area contributed by atoms with Crippen LogP contribution in [0.3, 0.4) is 0 Å². The van der Waals surface area contributed by atoms with E-state index in [0.717, 1.165) is 43.4 Å². The van der Waals surface area contributed by atoms with E-state index < -0.39 is 5.82 Å². The molecule has 0 saturated heterocycles. The molecule has 21 heavy (non-hydrogen) atoms. The molecule has 2 N–H and O–H groups in total. The maximum atomic E-state index is 13.4. The molecule has 5 heteroatoms. The van der Waals surface area contributed by atoms with Crippen LogP contribution >= 0.6 is 0 Å². The number of halogens is 1. The number of benzene rings is 1. The van der Waals surface area contributed by atoms with Crippen molar-refractivity contribution in [1.29, 1.82) is 0 Å². The average molecular weight is 289 g/mol. The van der Waals surface area contributed by atoms with Gasteiger partial charge in [-0.2, -0.15) is 0 Å². The van der Waals surface area contributed by atoms with Crippen molar-refractivity contribution < 1.29 is 9.50 Å². The summed E-state index contributed by atoms with van der Waals surface area (Å²) in [5.74, 6) is 0.526. The van der Waals surface area contributed by atoms with E-state index >= 15 is 0 Å². The largest absolute Gasteiger partial charge is 0.508 e. The Bertz CT molecular complexity index is 596. The third-order valence-electron chi connectivity index (χ3n) is 2.98. The molecule has 0 amide bonds. The summed E-state index contributed by atoms with van der Waals surface area (Å²) in [6, 6.07) is 5.78. The molecule has 112 valence electrons. The van der Waals surface area contributed by atoms with Crippen molar-refractivity contribution in [1.82, 2.24) is 9.97 Å². The van der Waals surface area contributed by atoms with E-state index in [9.17, 15) is 9.50 Å². The molecule has 1 aromatic heterocycles. The highest BCUT2D eigenvalue weighted by molar-refractivity contribution is 5.59. The number of phenolic OH excluding ortho intramolecular Hbond substituents is 1.